The first-order chi connectivity index (χ1) is 9.98. The summed E-state index contributed by atoms with van der Waals surface area (Å²) in [6.45, 7) is 0.208. The number of halogens is 3. The van der Waals surface area contributed by atoms with Gasteiger partial charge in [0.25, 0.3) is 0 Å². The van der Waals surface area contributed by atoms with Crippen molar-refractivity contribution in [1.29, 1.82) is 0 Å². The van der Waals surface area contributed by atoms with Crippen molar-refractivity contribution < 1.29 is 13.6 Å². The molecule has 0 aromatic heterocycles. The van der Waals surface area contributed by atoms with Gasteiger partial charge in [-0.15, -0.1) is 0 Å². The zero-order valence-corrected chi connectivity index (χ0v) is 12.5. The van der Waals surface area contributed by atoms with E-state index in [1.165, 1.54) is 0 Å². The topological polar surface area (TPSA) is 55.1 Å². The number of benzene rings is 1. The fraction of sp³-hybridized carbons (Fsp3) is 0.533. The van der Waals surface area contributed by atoms with Gasteiger partial charge in [-0.1, -0.05) is 37.3 Å². The number of amides is 1. The zero-order chi connectivity index (χ0) is 15.5. The molecule has 0 radical (unpaired) electrons. The monoisotopic (exact) mass is 316 g/mol. The molecule has 3 nitrogen and oxygen atoms in total. The molecule has 21 heavy (non-hydrogen) atoms. The first-order valence-corrected chi connectivity index (χ1v) is 7.52. The van der Waals surface area contributed by atoms with Gasteiger partial charge in [-0.2, -0.15) is 0 Å². The Labute approximate surface area is 127 Å². The van der Waals surface area contributed by atoms with E-state index in [1.807, 2.05) is 0 Å². The lowest BCUT2D eigenvalue weighted by atomic mass is 9.79. The lowest BCUT2D eigenvalue weighted by Crippen LogP contribution is -2.42. The molecule has 1 aromatic rings. The minimum Gasteiger partial charge on any atom is -0.329 e. The van der Waals surface area contributed by atoms with Crippen LogP contribution in [0.2, 0.25) is 5.02 Å². The van der Waals surface area contributed by atoms with Crippen molar-refractivity contribution in [2.45, 2.75) is 38.5 Å². The van der Waals surface area contributed by atoms with Gasteiger partial charge in [0.2, 0.25) is 5.91 Å². The largest absolute Gasteiger partial charge is 0.329 e. The van der Waals surface area contributed by atoms with Crippen LogP contribution in [0, 0.1) is 17.0 Å². The van der Waals surface area contributed by atoms with Gasteiger partial charge in [0.1, 0.15) is 5.82 Å². The zero-order valence-electron chi connectivity index (χ0n) is 11.7. The smallest absolute Gasteiger partial charge is 0.231 e. The molecular weight excluding hydrogens is 298 g/mol. The Kier molecular flexibility index (Phi) is 5.17. The van der Waals surface area contributed by atoms with Crippen LogP contribution in [0.25, 0.3) is 0 Å². The van der Waals surface area contributed by atoms with Crippen molar-refractivity contribution in [1.82, 2.24) is 0 Å². The molecule has 2 rings (SSSR count). The van der Waals surface area contributed by atoms with Gasteiger partial charge >= 0.3 is 0 Å². The summed E-state index contributed by atoms with van der Waals surface area (Å²) in [5, 5.41) is 2.35. The third kappa shape index (κ3) is 3.52. The predicted molar refractivity (Wildman–Crippen MR) is 79.2 cm³/mol. The highest BCUT2D eigenvalue weighted by Crippen LogP contribution is 2.36. The Hall–Kier alpha value is -1.20. The number of hydrogen-bond donors (Lipinski definition) is 2. The maximum atomic E-state index is 13.8. The van der Waals surface area contributed by atoms with E-state index in [9.17, 15) is 13.6 Å². The number of carbonyl (C=O) groups is 1. The Morgan fingerprint density at radius 2 is 1.86 bits per heavy atom. The summed E-state index contributed by atoms with van der Waals surface area (Å²) < 4.78 is 26.8. The van der Waals surface area contributed by atoms with Crippen LogP contribution in [0.4, 0.5) is 14.5 Å². The second kappa shape index (κ2) is 6.71. The molecule has 116 valence electrons. The van der Waals surface area contributed by atoms with E-state index in [0.29, 0.717) is 18.9 Å². The van der Waals surface area contributed by atoms with Crippen molar-refractivity contribution in [2.75, 3.05) is 11.9 Å². The molecule has 0 aliphatic heterocycles. The van der Waals surface area contributed by atoms with E-state index in [1.54, 1.807) is 0 Å². The van der Waals surface area contributed by atoms with Crippen LogP contribution >= 0.6 is 11.6 Å². The maximum Gasteiger partial charge on any atom is 0.231 e. The molecule has 1 amide bonds. The molecule has 0 saturated heterocycles. The fourth-order valence-corrected chi connectivity index (χ4v) is 3.08. The second-order valence-electron chi connectivity index (χ2n) is 5.60. The number of nitrogens with one attached hydrogen (secondary N) is 1. The van der Waals surface area contributed by atoms with Gasteiger partial charge in [-0.3, -0.25) is 4.79 Å². The van der Waals surface area contributed by atoms with Crippen molar-refractivity contribution in [3.8, 4) is 0 Å². The average Bonchev–Trinajstić information content (AvgIpc) is 2.68. The molecule has 1 fully saturated rings. The summed E-state index contributed by atoms with van der Waals surface area (Å²) in [7, 11) is 0. The van der Waals surface area contributed by atoms with Crippen molar-refractivity contribution in [3.05, 3.63) is 28.8 Å². The minimum absolute atomic E-state index is 0.151. The normalized spacial score (nSPS) is 18.1. The van der Waals surface area contributed by atoms with E-state index < -0.39 is 17.0 Å². The lowest BCUT2D eigenvalue weighted by molar-refractivity contribution is -0.125. The van der Waals surface area contributed by atoms with Crippen LogP contribution in [0.1, 0.15) is 38.5 Å². The van der Waals surface area contributed by atoms with Crippen molar-refractivity contribution in [2.24, 2.45) is 11.1 Å². The molecule has 6 heteroatoms. The number of hydrogen-bond acceptors (Lipinski definition) is 2. The van der Waals surface area contributed by atoms with Crippen LogP contribution in [0.3, 0.4) is 0 Å². The van der Waals surface area contributed by atoms with Gasteiger partial charge in [-0.05, 0) is 18.9 Å². The molecule has 0 atom stereocenters. The standard InChI is InChI=1S/C15H19ClF2N2O/c16-11-7-10(17)8-12(18)13(11)20-14(21)15(9-19)5-3-1-2-4-6-15/h7-8H,1-6,9,19H2,(H,20,21). The molecule has 1 aliphatic rings. The highest BCUT2D eigenvalue weighted by molar-refractivity contribution is 6.33. The van der Waals surface area contributed by atoms with Gasteiger partial charge in [0, 0.05) is 12.6 Å². The molecule has 0 heterocycles. The Morgan fingerprint density at radius 3 is 2.38 bits per heavy atom. The molecule has 1 saturated carbocycles. The quantitative estimate of drug-likeness (QED) is 0.832. The SMILES string of the molecule is NCC1(C(=O)Nc2c(F)cc(F)cc2Cl)CCCCCC1. The summed E-state index contributed by atoms with van der Waals surface area (Å²) in [6, 6.07) is 1.67. The summed E-state index contributed by atoms with van der Waals surface area (Å²) >= 11 is 5.81. The van der Waals surface area contributed by atoms with E-state index >= 15 is 0 Å². The minimum atomic E-state index is -0.880. The van der Waals surface area contributed by atoms with E-state index in [2.05, 4.69) is 5.32 Å². The predicted octanol–water partition coefficient (Wildman–Crippen LogP) is 3.86. The second-order valence-corrected chi connectivity index (χ2v) is 6.00. The first kappa shape index (κ1) is 16.2. The van der Waals surface area contributed by atoms with Gasteiger partial charge in [-0.25, -0.2) is 8.78 Å². The van der Waals surface area contributed by atoms with Crippen molar-refractivity contribution in [3.63, 3.8) is 0 Å². The molecule has 0 unspecified atom stereocenters. The summed E-state index contributed by atoms with van der Waals surface area (Å²) in [5.41, 5.74) is 4.94. The van der Waals surface area contributed by atoms with Crippen LogP contribution in [-0.2, 0) is 4.79 Å². The number of rotatable bonds is 3. The van der Waals surface area contributed by atoms with E-state index in [4.69, 9.17) is 17.3 Å². The molecule has 0 bridgehead atoms. The van der Waals surface area contributed by atoms with Gasteiger partial charge in [0.15, 0.2) is 5.82 Å². The Bertz CT molecular complexity index is 505. The molecule has 1 aliphatic carbocycles. The lowest BCUT2D eigenvalue weighted by Gasteiger charge is -2.30. The first-order valence-electron chi connectivity index (χ1n) is 7.14. The summed E-state index contributed by atoms with van der Waals surface area (Å²) in [6.07, 6.45) is 5.33. The van der Waals surface area contributed by atoms with Crippen LogP contribution in [-0.4, -0.2) is 12.5 Å². The Balaban J connectivity index is 2.23. The number of carbonyl (C=O) groups excluding carboxylic acids is 1. The third-order valence-corrected chi connectivity index (χ3v) is 4.48. The summed E-state index contributed by atoms with van der Waals surface area (Å²) in [4.78, 5) is 12.6. The van der Waals surface area contributed by atoms with Gasteiger partial charge in [0.05, 0.1) is 16.1 Å². The number of nitrogens with two attached hydrogens (primary N) is 1. The fourth-order valence-electron chi connectivity index (χ4n) is 2.84. The Morgan fingerprint density at radius 1 is 1.24 bits per heavy atom. The molecule has 3 N–H and O–H groups in total. The van der Waals surface area contributed by atoms with E-state index in [-0.39, 0.29) is 23.2 Å². The highest BCUT2D eigenvalue weighted by Gasteiger charge is 2.37. The van der Waals surface area contributed by atoms with Crippen LogP contribution < -0.4 is 11.1 Å². The number of anilines is 1. The van der Waals surface area contributed by atoms with Crippen LogP contribution in [0.15, 0.2) is 12.1 Å². The molecule has 1 aromatic carbocycles. The van der Waals surface area contributed by atoms with Crippen molar-refractivity contribution >= 4 is 23.2 Å². The average molecular weight is 317 g/mol. The van der Waals surface area contributed by atoms with Gasteiger partial charge < -0.3 is 11.1 Å². The maximum absolute atomic E-state index is 13.8. The molecular formula is C15H19ClF2N2O. The van der Waals surface area contributed by atoms with E-state index in [0.717, 1.165) is 31.7 Å². The third-order valence-electron chi connectivity index (χ3n) is 4.18. The summed E-state index contributed by atoms with van der Waals surface area (Å²) in [5.74, 6) is -1.99. The van der Waals surface area contributed by atoms with Crippen LogP contribution in [0.5, 0.6) is 0 Å². The highest BCUT2D eigenvalue weighted by atomic mass is 35.5. The molecule has 0 spiro atoms.